The number of amides is 2. The van der Waals surface area contributed by atoms with Crippen molar-refractivity contribution in [3.8, 4) is 11.5 Å². The zero-order valence-corrected chi connectivity index (χ0v) is 20.8. The number of hydrogen-bond acceptors (Lipinski definition) is 8. The van der Waals surface area contributed by atoms with Crippen LogP contribution in [0, 0.1) is 11.6 Å². The molecule has 1 saturated carbocycles. The second kappa shape index (κ2) is 10.4. The highest BCUT2D eigenvalue weighted by atomic mass is 19.1. The van der Waals surface area contributed by atoms with Gasteiger partial charge in [-0.05, 0) is 43.5 Å². The van der Waals surface area contributed by atoms with E-state index in [0.29, 0.717) is 17.0 Å². The van der Waals surface area contributed by atoms with Crippen molar-refractivity contribution in [1.82, 2.24) is 9.97 Å². The van der Waals surface area contributed by atoms with Gasteiger partial charge in [-0.25, -0.2) is 18.6 Å². The fourth-order valence-electron chi connectivity index (χ4n) is 4.90. The zero-order chi connectivity index (χ0) is 27.0. The Bertz CT molecular complexity index is 1350. The summed E-state index contributed by atoms with van der Waals surface area (Å²) in [6, 6.07) is 7.23. The molecule has 12 heteroatoms. The van der Waals surface area contributed by atoms with E-state index in [1.54, 1.807) is 6.07 Å². The van der Waals surface area contributed by atoms with Gasteiger partial charge in [-0.2, -0.15) is 4.98 Å². The molecule has 0 bridgehead atoms. The Morgan fingerprint density at radius 1 is 1.00 bits per heavy atom. The van der Waals surface area contributed by atoms with E-state index < -0.39 is 35.9 Å². The molecule has 0 spiro atoms. The number of urea groups is 1. The number of hydrogen-bond donors (Lipinski definition) is 3. The van der Waals surface area contributed by atoms with Crippen LogP contribution in [0.1, 0.15) is 24.8 Å². The maximum Gasteiger partial charge on any atom is 0.330 e. The van der Waals surface area contributed by atoms with Crippen LogP contribution < -0.4 is 24.6 Å². The molecule has 2 aromatic carbocycles. The summed E-state index contributed by atoms with van der Waals surface area (Å²) in [5, 5.41) is 23.7. The van der Waals surface area contributed by atoms with Gasteiger partial charge in [0.25, 0.3) is 0 Å². The number of fused-ring (bicyclic) bond motifs is 1. The van der Waals surface area contributed by atoms with Crippen molar-refractivity contribution in [3.05, 3.63) is 59.8 Å². The summed E-state index contributed by atoms with van der Waals surface area (Å²) >= 11 is 0. The van der Waals surface area contributed by atoms with Gasteiger partial charge in [0, 0.05) is 35.6 Å². The molecule has 1 aromatic heterocycles. The Kier molecular flexibility index (Phi) is 7.00. The number of carbonyl (C=O) groups is 1. The quantitative estimate of drug-likeness (QED) is 0.444. The lowest BCUT2D eigenvalue weighted by atomic mass is 9.89. The highest BCUT2D eigenvalue weighted by Crippen LogP contribution is 2.37. The van der Waals surface area contributed by atoms with Crippen LogP contribution in [-0.2, 0) is 6.54 Å². The van der Waals surface area contributed by atoms with Crippen LogP contribution in [0.3, 0.4) is 0 Å². The van der Waals surface area contributed by atoms with Crippen molar-refractivity contribution >= 4 is 29.2 Å². The molecule has 3 N–H and O–H groups in total. The van der Waals surface area contributed by atoms with Crippen LogP contribution in [0.4, 0.5) is 36.7 Å². The Morgan fingerprint density at radius 3 is 2.45 bits per heavy atom. The van der Waals surface area contributed by atoms with Gasteiger partial charge in [-0.15, -0.1) is 0 Å². The lowest BCUT2D eigenvalue weighted by Gasteiger charge is -2.43. The first-order valence-electron chi connectivity index (χ1n) is 12.0. The van der Waals surface area contributed by atoms with E-state index in [2.05, 4.69) is 15.3 Å². The van der Waals surface area contributed by atoms with E-state index in [0.717, 1.165) is 0 Å². The van der Waals surface area contributed by atoms with Crippen LogP contribution in [0.15, 0.2) is 42.6 Å². The summed E-state index contributed by atoms with van der Waals surface area (Å²) in [7, 11) is 2.77. The molecule has 1 aliphatic carbocycles. The average molecular weight is 528 g/mol. The summed E-state index contributed by atoms with van der Waals surface area (Å²) in [5.41, 5.74) is 1.04. The monoisotopic (exact) mass is 527 g/mol. The second-order valence-electron chi connectivity index (χ2n) is 9.24. The van der Waals surface area contributed by atoms with Crippen LogP contribution in [0.25, 0.3) is 0 Å². The van der Waals surface area contributed by atoms with E-state index >= 15 is 4.39 Å². The number of carbonyl (C=O) groups excluding carboxylic acids is 1. The van der Waals surface area contributed by atoms with Crippen molar-refractivity contribution < 1.29 is 33.3 Å². The Balaban J connectivity index is 1.54. The molecule has 0 radical (unpaired) electrons. The third kappa shape index (κ3) is 4.92. The number of nitrogens with zero attached hydrogens (tertiary/aromatic N) is 4. The SMILES string of the molecule is COc1ccc(N2Cc3cnc(Nc4ccc(F)c(OC)c4)nc3N(C3CC(O)CC(O)C3)C2=O)c(F)c1. The standard InChI is InChI=1S/C26H27F2N5O5/c1-37-19-4-6-22(21(28)11-19)32-13-14-12-29-25(30-15-3-5-20(27)23(7-15)38-2)31-24(14)33(26(32)36)16-8-17(34)10-18(35)9-16/h3-7,11-12,16-18,34-35H,8-10,13H2,1-2H3,(H,29,30,31). The normalized spacial score (nSPS) is 21.2. The van der Waals surface area contributed by atoms with Crippen molar-refractivity contribution in [1.29, 1.82) is 0 Å². The number of aliphatic hydroxyl groups is 2. The number of methoxy groups -OCH3 is 2. The molecule has 1 aliphatic heterocycles. The summed E-state index contributed by atoms with van der Waals surface area (Å²) in [6.45, 7) is -0.00358. The predicted molar refractivity (Wildman–Crippen MR) is 135 cm³/mol. The number of ether oxygens (including phenoxy) is 2. The third-order valence-electron chi connectivity index (χ3n) is 6.69. The maximum absolute atomic E-state index is 15.0. The summed E-state index contributed by atoms with van der Waals surface area (Å²) in [5.74, 6) is -0.417. The van der Waals surface area contributed by atoms with E-state index in [1.165, 1.54) is 60.5 Å². The van der Waals surface area contributed by atoms with Gasteiger partial charge >= 0.3 is 6.03 Å². The first-order valence-corrected chi connectivity index (χ1v) is 12.0. The Labute approximate surface area is 217 Å². The van der Waals surface area contributed by atoms with Crippen molar-refractivity contribution in [3.63, 3.8) is 0 Å². The first kappa shape index (κ1) is 25.6. The van der Waals surface area contributed by atoms with Gasteiger partial charge in [0.05, 0.1) is 38.7 Å². The minimum Gasteiger partial charge on any atom is -0.497 e. The van der Waals surface area contributed by atoms with Gasteiger partial charge in [0.15, 0.2) is 17.4 Å². The Morgan fingerprint density at radius 2 is 1.76 bits per heavy atom. The molecular formula is C26H27F2N5O5. The lowest BCUT2D eigenvalue weighted by molar-refractivity contribution is 0.0314. The molecule has 0 saturated heterocycles. The van der Waals surface area contributed by atoms with Gasteiger partial charge in [0.1, 0.15) is 11.6 Å². The molecule has 2 heterocycles. The van der Waals surface area contributed by atoms with Crippen molar-refractivity contribution in [2.75, 3.05) is 29.3 Å². The summed E-state index contributed by atoms with van der Waals surface area (Å²) in [6.07, 6.45) is 0.505. The summed E-state index contributed by atoms with van der Waals surface area (Å²) in [4.78, 5) is 25.4. The lowest BCUT2D eigenvalue weighted by Crippen LogP contribution is -2.55. The minimum atomic E-state index is -0.820. The van der Waals surface area contributed by atoms with Crippen LogP contribution in [-0.4, -0.2) is 58.7 Å². The third-order valence-corrected chi connectivity index (χ3v) is 6.69. The largest absolute Gasteiger partial charge is 0.497 e. The number of nitrogens with one attached hydrogen (secondary N) is 1. The van der Waals surface area contributed by atoms with E-state index in [9.17, 15) is 19.4 Å². The zero-order valence-electron chi connectivity index (χ0n) is 20.8. The smallest absolute Gasteiger partial charge is 0.330 e. The molecule has 5 rings (SSSR count). The Hall–Kier alpha value is -4.03. The topological polar surface area (TPSA) is 120 Å². The van der Waals surface area contributed by atoms with E-state index in [4.69, 9.17) is 9.47 Å². The number of benzene rings is 2. The van der Waals surface area contributed by atoms with E-state index in [-0.39, 0.29) is 49.0 Å². The molecular weight excluding hydrogens is 500 g/mol. The molecule has 3 aromatic rings. The van der Waals surface area contributed by atoms with Gasteiger partial charge in [0.2, 0.25) is 5.95 Å². The number of rotatable bonds is 6. The highest BCUT2D eigenvalue weighted by Gasteiger charge is 2.41. The highest BCUT2D eigenvalue weighted by molar-refractivity contribution is 6.06. The molecule has 2 aliphatic rings. The van der Waals surface area contributed by atoms with Gasteiger partial charge < -0.3 is 25.0 Å². The fraction of sp³-hybridized carbons (Fsp3) is 0.346. The molecule has 10 nitrogen and oxygen atoms in total. The second-order valence-corrected chi connectivity index (χ2v) is 9.24. The molecule has 2 amide bonds. The van der Waals surface area contributed by atoms with Crippen molar-refractivity contribution in [2.45, 2.75) is 44.1 Å². The summed E-state index contributed by atoms with van der Waals surface area (Å²) < 4.78 is 38.9. The molecule has 2 unspecified atom stereocenters. The maximum atomic E-state index is 15.0. The van der Waals surface area contributed by atoms with Crippen LogP contribution in [0.2, 0.25) is 0 Å². The van der Waals surface area contributed by atoms with Crippen LogP contribution >= 0.6 is 0 Å². The van der Waals surface area contributed by atoms with Crippen LogP contribution in [0.5, 0.6) is 11.5 Å². The van der Waals surface area contributed by atoms with Gasteiger partial charge in [-0.3, -0.25) is 9.80 Å². The first-order chi connectivity index (χ1) is 18.3. The minimum absolute atomic E-state index is 0.00358. The van der Waals surface area contributed by atoms with Crippen molar-refractivity contribution in [2.24, 2.45) is 0 Å². The average Bonchev–Trinajstić information content (AvgIpc) is 2.89. The number of aromatic nitrogens is 2. The predicted octanol–water partition coefficient (Wildman–Crippen LogP) is 3.74. The molecule has 1 fully saturated rings. The number of halogens is 2. The molecule has 38 heavy (non-hydrogen) atoms. The number of anilines is 4. The van der Waals surface area contributed by atoms with Gasteiger partial charge in [-0.1, -0.05) is 0 Å². The molecule has 2 atom stereocenters. The molecule has 200 valence electrons. The van der Waals surface area contributed by atoms with E-state index in [1.807, 2.05) is 0 Å². The fourth-order valence-corrected chi connectivity index (χ4v) is 4.90. The number of aliphatic hydroxyl groups excluding tert-OH is 2.